The summed E-state index contributed by atoms with van der Waals surface area (Å²) in [6, 6.07) is 10.6. The number of carbonyl (C=O) groups excluding carboxylic acids is 2. The largest absolute Gasteiger partial charge is 0.478 e. The van der Waals surface area contributed by atoms with Crippen LogP contribution in [-0.2, 0) is 22.5 Å². The molecule has 56 heavy (non-hydrogen) atoms. The number of carboxylic acid groups (broad SMARTS) is 1. The lowest BCUT2D eigenvalue weighted by Gasteiger charge is -2.72. The van der Waals surface area contributed by atoms with Gasteiger partial charge >= 0.3 is 5.97 Å². The number of aromatic nitrogens is 1. The van der Waals surface area contributed by atoms with Crippen LogP contribution in [0.25, 0.3) is 0 Å². The molecule has 0 bridgehead atoms. The molecule has 0 spiro atoms. The Kier molecular flexibility index (Phi) is 10.9. The van der Waals surface area contributed by atoms with Crippen molar-refractivity contribution in [1.82, 2.24) is 15.6 Å². The number of methoxy groups -OCH3 is 1. The third kappa shape index (κ3) is 6.53. The quantitative estimate of drug-likeness (QED) is 0.170. The van der Waals surface area contributed by atoms with Crippen LogP contribution in [0.3, 0.4) is 0 Å². The lowest BCUT2D eigenvalue weighted by molar-refractivity contribution is -0.246. The summed E-state index contributed by atoms with van der Waals surface area (Å²) in [5, 5.41) is 26.6. The Morgan fingerprint density at radius 1 is 0.875 bits per heavy atom. The van der Waals surface area contributed by atoms with Gasteiger partial charge in [0.25, 0.3) is 5.91 Å². The number of aliphatic hydroxyl groups excluding tert-OH is 1. The maximum absolute atomic E-state index is 14.8. The maximum Gasteiger partial charge on any atom is 0.337 e. The van der Waals surface area contributed by atoms with Crippen LogP contribution in [0.2, 0.25) is 0 Å². The fraction of sp³-hybridized carbons (Fsp3) is 0.660. The zero-order chi connectivity index (χ0) is 40.3. The summed E-state index contributed by atoms with van der Waals surface area (Å²) in [6.45, 7) is 18.2. The first-order chi connectivity index (χ1) is 26.5. The highest BCUT2D eigenvalue weighted by Gasteiger charge is 2.72. The average molecular weight is 768 g/mol. The summed E-state index contributed by atoms with van der Waals surface area (Å²) < 4.78 is 5.68. The zero-order valence-electron chi connectivity index (χ0n) is 34.6. The highest BCUT2D eigenvalue weighted by molar-refractivity contribution is 5.94. The number of nitrogens with one attached hydrogen (secondary N) is 2. The van der Waals surface area contributed by atoms with Gasteiger partial charge in [0, 0.05) is 25.4 Å². The number of amides is 2. The molecule has 0 aliphatic heterocycles. The molecule has 7 rings (SSSR count). The van der Waals surface area contributed by atoms with E-state index in [0.29, 0.717) is 48.6 Å². The molecule has 10 atom stereocenters. The minimum Gasteiger partial charge on any atom is -0.478 e. The van der Waals surface area contributed by atoms with Crippen molar-refractivity contribution in [3.63, 3.8) is 0 Å². The third-order valence-corrected chi connectivity index (χ3v) is 17.1. The SMILES string of the molecule is C=C(COC)[C@@H]1CC[C@]2(C(=O)NCCc3cccc(C(=O)NCc4ccc(C(=O)O)cn4)c3)CC[C@]3(C)C(CCC4[C@@]5(C)CC[C@H](O)C(C)(C)C5CC[C@]43C)C12. The minimum atomic E-state index is -1.04. The normalized spacial score (nSPS) is 36.9. The molecule has 5 fully saturated rings. The molecule has 1 aromatic heterocycles. The van der Waals surface area contributed by atoms with E-state index in [1.807, 2.05) is 18.2 Å². The Morgan fingerprint density at radius 3 is 2.38 bits per heavy atom. The summed E-state index contributed by atoms with van der Waals surface area (Å²) in [7, 11) is 1.75. The van der Waals surface area contributed by atoms with Crippen LogP contribution in [-0.4, -0.2) is 59.3 Å². The Balaban J connectivity index is 1.06. The monoisotopic (exact) mass is 767 g/mol. The van der Waals surface area contributed by atoms with Gasteiger partial charge in [0.15, 0.2) is 0 Å². The highest BCUT2D eigenvalue weighted by Crippen LogP contribution is 2.77. The van der Waals surface area contributed by atoms with E-state index >= 15 is 0 Å². The molecule has 4 N–H and O–H groups in total. The van der Waals surface area contributed by atoms with Gasteiger partial charge in [0.2, 0.25) is 5.91 Å². The van der Waals surface area contributed by atoms with Gasteiger partial charge in [-0.25, -0.2) is 4.79 Å². The molecule has 5 aliphatic rings. The van der Waals surface area contributed by atoms with Crippen molar-refractivity contribution in [2.75, 3.05) is 20.3 Å². The Hall–Kier alpha value is -3.56. The molecule has 5 saturated carbocycles. The van der Waals surface area contributed by atoms with Gasteiger partial charge in [-0.15, -0.1) is 0 Å². The molecular formula is C47H65N3O6. The average Bonchev–Trinajstić information content (AvgIpc) is 3.57. The van der Waals surface area contributed by atoms with E-state index in [2.05, 4.69) is 56.8 Å². The molecule has 1 aromatic carbocycles. The second-order valence-corrected chi connectivity index (χ2v) is 19.7. The standard InChI is InChI=1S/C47H65N3O6/c1-29(28-56-7)34-15-21-47(42(55)48-24-18-30-9-8-10-31(25-30)40(52)50-27-33-12-11-32(26-49-33)41(53)54)23-22-45(5)35(39(34)47)13-14-37-44(4)19-17-38(51)43(2,3)36(44)16-20-46(37,45)6/h8-12,25-26,34-39,51H,1,13-24,27-28H2,2-7H3,(H,48,55)(H,50,52)(H,53,54)/t34-,35?,36?,37?,38-,39?,44-,45+,46+,47-/m0/s1. The van der Waals surface area contributed by atoms with Gasteiger partial charge in [-0.3, -0.25) is 14.6 Å². The molecular weight excluding hydrogens is 703 g/mol. The second-order valence-electron chi connectivity index (χ2n) is 19.7. The number of benzene rings is 1. The fourth-order valence-corrected chi connectivity index (χ4v) is 14.0. The van der Waals surface area contributed by atoms with Crippen molar-refractivity contribution in [2.24, 2.45) is 56.7 Å². The second kappa shape index (κ2) is 15.0. The molecule has 2 amide bonds. The summed E-state index contributed by atoms with van der Waals surface area (Å²) in [4.78, 5) is 43.1. The smallest absolute Gasteiger partial charge is 0.337 e. The topological polar surface area (TPSA) is 138 Å². The molecule has 304 valence electrons. The molecule has 1 heterocycles. The van der Waals surface area contributed by atoms with Crippen molar-refractivity contribution in [2.45, 2.75) is 118 Å². The minimum absolute atomic E-state index is 0.0783. The number of nitrogens with zero attached hydrogens (tertiary/aromatic N) is 1. The van der Waals surface area contributed by atoms with E-state index in [4.69, 9.17) is 9.84 Å². The van der Waals surface area contributed by atoms with E-state index in [-0.39, 0.29) is 63.5 Å². The lowest BCUT2D eigenvalue weighted by atomic mass is 9.32. The number of hydrogen-bond donors (Lipinski definition) is 4. The van der Waals surface area contributed by atoms with Gasteiger partial charge in [0.05, 0.1) is 35.9 Å². The summed E-state index contributed by atoms with van der Waals surface area (Å²) in [5.41, 5.74) is 3.25. The summed E-state index contributed by atoms with van der Waals surface area (Å²) >= 11 is 0. The van der Waals surface area contributed by atoms with Gasteiger partial charge < -0.3 is 25.6 Å². The number of aliphatic hydroxyl groups is 1. The van der Waals surface area contributed by atoms with Crippen LogP contribution in [0.1, 0.15) is 131 Å². The van der Waals surface area contributed by atoms with Crippen molar-refractivity contribution < 1.29 is 29.3 Å². The number of fused-ring (bicyclic) bond motifs is 7. The van der Waals surface area contributed by atoms with Crippen LogP contribution in [0.4, 0.5) is 0 Å². The number of rotatable bonds is 11. The molecule has 2 aromatic rings. The Morgan fingerprint density at radius 2 is 1.66 bits per heavy atom. The highest BCUT2D eigenvalue weighted by atomic mass is 16.5. The third-order valence-electron chi connectivity index (χ3n) is 17.1. The molecule has 0 radical (unpaired) electrons. The Labute approximate surface area is 333 Å². The summed E-state index contributed by atoms with van der Waals surface area (Å²) in [6.07, 6.45) is 12.1. The molecule has 9 heteroatoms. The van der Waals surface area contributed by atoms with E-state index in [0.717, 1.165) is 62.5 Å². The van der Waals surface area contributed by atoms with Crippen LogP contribution >= 0.6 is 0 Å². The van der Waals surface area contributed by atoms with Crippen molar-refractivity contribution in [1.29, 1.82) is 0 Å². The van der Waals surface area contributed by atoms with Gasteiger partial charge in [-0.1, -0.05) is 53.3 Å². The lowest BCUT2D eigenvalue weighted by Crippen LogP contribution is -2.67. The zero-order valence-corrected chi connectivity index (χ0v) is 34.6. The molecule has 9 nitrogen and oxygen atoms in total. The van der Waals surface area contributed by atoms with Crippen molar-refractivity contribution in [3.05, 3.63) is 77.1 Å². The fourth-order valence-electron chi connectivity index (χ4n) is 14.0. The first-order valence-electron chi connectivity index (χ1n) is 21.2. The van der Waals surface area contributed by atoms with E-state index < -0.39 is 11.4 Å². The predicted molar refractivity (Wildman–Crippen MR) is 217 cm³/mol. The number of pyridine rings is 1. The van der Waals surface area contributed by atoms with Crippen LogP contribution in [0, 0.1) is 56.7 Å². The number of carbonyl (C=O) groups is 3. The Bertz CT molecular complexity index is 1840. The molecule has 5 aliphatic carbocycles. The number of aromatic carboxylic acids is 1. The number of ether oxygens (including phenoxy) is 1. The number of hydrogen-bond acceptors (Lipinski definition) is 6. The number of carboxylic acids is 1. The first-order valence-corrected chi connectivity index (χ1v) is 21.2. The van der Waals surface area contributed by atoms with E-state index in [1.54, 1.807) is 19.2 Å². The van der Waals surface area contributed by atoms with Gasteiger partial charge in [0.1, 0.15) is 0 Å². The summed E-state index contributed by atoms with van der Waals surface area (Å²) in [5.74, 6) is 0.911. The van der Waals surface area contributed by atoms with Crippen LogP contribution < -0.4 is 10.6 Å². The van der Waals surface area contributed by atoms with Crippen molar-refractivity contribution >= 4 is 17.8 Å². The van der Waals surface area contributed by atoms with Crippen LogP contribution in [0.5, 0.6) is 0 Å². The molecule has 4 unspecified atom stereocenters. The maximum atomic E-state index is 14.8. The van der Waals surface area contributed by atoms with E-state index in [1.165, 1.54) is 25.1 Å². The predicted octanol–water partition coefficient (Wildman–Crippen LogP) is 8.01. The van der Waals surface area contributed by atoms with Crippen LogP contribution in [0.15, 0.2) is 54.7 Å². The molecule has 0 saturated heterocycles. The van der Waals surface area contributed by atoms with Gasteiger partial charge in [-0.05, 0) is 157 Å². The van der Waals surface area contributed by atoms with Crippen molar-refractivity contribution in [3.8, 4) is 0 Å². The van der Waals surface area contributed by atoms with E-state index in [9.17, 15) is 19.5 Å². The van der Waals surface area contributed by atoms with Gasteiger partial charge in [-0.2, -0.15) is 0 Å². The first kappa shape index (κ1) is 40.6.